The van der Waals surface area contributed by atoms with Crippen molar-refractivity contribution in [2.75, 3.05) is 7.11 Å². The summed E-state index contributed by atoms with van der Waals surface area (Å²) in [5.74, 6) is 1.44. The lowest BCUT2D eigenvalue weighted by molar-refractivity contribution is 0.0940. The van der Waals surface area contributed by atoms with Crippen molar-refractivity contribution in [3.63, 3.8) is 0 Å². The lowest BCUT2D eigenvalue weighted by atomic mass is 10.1. The van der Waals surface area contributed by atoms with Crippen molar-refractivity contribution in [1.82, 2.24) is 5.32 Å². The average molecular weight is 345 g/mol. The molecule has 1 aromatic heterocycles. The highest BCUT2D eigenvalue weighted by atomic mass is 32.1. The van der Waals surface area contributed by atoms with Crippen LogP contribution in [-0.4, -0.2) is 19.1 Å². The normalized spacial score (nSPS) is 15.9. The smallest absolute Gasteiger partial charge is 0.252 e. The third-order valence-corrected chi connectivity index (χ3v) is 5.10. The molecule has 0 bridgehead atoms. The number of hydrogen-bond acceptors (Lipinski definition) is 4. The standard InChI is InChI=1S/C19H23NO3S/c1-13(20-19(21)15-9-10-24-12-15)14-7-8-17(18(11-14)22-2)23-16-5-3-4-6-16/h7-13,16H,3-6H2,1-2H3,(H,20,21)/t13-/m0/s1. The predicted molar refractivity (Wildman–Crippen MR) is 96.1 cm³/mol. The van der Waals surface area contributed by atoms with E-state index in [1.807, 2.05) is 41.9 Å². The Bertz CT molecular complexity index is 678. The molecule has 24 heavy (non-hydrogen) atoms. The molecule has 0 aliphatic heterocycles. The van der Waals surface area contributed by atoms with Gasteiger partial charge in [-0.1, -0.05) is 6.07 Å². The van der Waals surface area contributed by atoms with Crippen LogP contribution >= 0.6 is 11.3 Å². The predicted octanol–water partition coefficient (Wildman–Crippen LogP) is 4.57. The van der Waals surface area contributed by atoms with Gasteiger partial charge in [0.25, 0.3) is 5.91 Å². The third kappa shape index (κ3) is 3.90. The molecule has 1 atom stereocenters. The average Bonchev–Trinajstić information content (AvgIpc) is 3.28. The van der Waals surface area contributed by atoms with Gasteiger partial charge in [-0.05, 0) is 61.7 Å². The molecule has 0 radical (unpaired) electrons. The number of nitrogens with one attached hydrogen (secondary N) is 1. The van der Waals surface area contributed by atoms with Crippen molar-refractivity contribution >= 4 is 17.2 Å². The number of carbonyl (C=O) groups is 1. The Labute approximate surface area is 146 Å². The minimum Gasteiger partial charge on any atom is -0.493 e. The minimum absolute atomic E-state index is 0.0611. The largest absolute Gasteiger partial charge is 0.493 e. The van der Waals surface area contributed by atoms with Gasteiger partial charge in [-0.2, -0.15) is 11.3 Å². The molecule has 1 saturated carbocycles. The van der Waals surface area contributed by atoms with E-state index in [0.29, 0.717) is 11.7 Å². The summed E-state index contributed by atoms with van der Waals surface area (Å²) in [6.07, 6.45) is 4.98. The van der Waals surface area contributed by atoms with Crippen molar-refractivity contribution in [2.45, 2.75) is 44.8 Å². The summed E-state index contributed by atoms with van der Waals surface area (Å²) < 4.78 is 11.5. The Morgan fingerprint density at radius 1 is 1.25 bits per heavy atom. The molecule has 1 amide bonds. The molecule has 1 aromatic carbocycles. The number of methoxy groups -OCH3 is 1. The fourth-order valence-corrected chi connectivity index (χ4v) is 3.63. The van der Waals surface area contributed by atoms with Gasteiger partial charge in [-0.15, -0.1) is 0 Å². The zero-order valence-electron chi connectivity index (χ0n) is 14.1. The summed E-state index contributed by atoms with van der Waals surface area (Å²) in [5.41, 5.74) is 1.69. The topological polar surface area (TPSA) is 47.6 Å². The summed E-state index contributed by atoms with van der Waals surface area (Å²) in [5, 5.41) is 6.76. The van der Waals surface area contributed by atoms with Crippen LogP contribution in [0.25, 0.3) is 0 Å². The highest BCUT2D eigenvalue weighted by Gasteiger charge is 2.19. The molecule has 1 N–H and O–H groups in total. The zero-order valence-corrected chi connectivity index (χ0v) is 14.9. The van der Waals surface area contributed by atoms with Crippen LogP contribution in [0.4, 0.5) is 0 Å². The molecule has 0 spiro atoms. The Hall–Kier alpha value is -2.01. The van der Waals surface area contributed by atoms with Gasteiger partial charge in [-0.3, -0.25) is 4.79 Å². The van der Waals surface area contributed by atoms with Crippen LogP contribution < -0.4 is 14.8 Å². The fraction of sp³-hybridized carbons (Fsp3) is 0.421. The molecule has 128 valence electrons. The quantitative estimate of drug-likeness (QED) is 0.834. The van der Waals surface area contributed by atoms with E-state index in [9.17, 15) is 4.79 Å². The summed E-state index contributed by atoms with van der Waals surface area (Å²) in [6, 6.07) is 7.60. The summed E-state index contributed by atoms with van der Waals surface area (Å²) in [4.78, 5) is 12.2. The van der Waals surface area contributed by atoms with E-state index in [1.54, 1.807) is 7.11 Å². The van der Waals surface area contributed by atoms with Crippen LogP contribution in [0.2, 0.25) is 0 Å². The molecular weight excluding hydrogens is 322 g/mol. The fourth-order valence-electron chi connectivity index (χ4n) is 2.99. The Morgan fingerprint density at radius 2 is 2.04 bits per heavy atom. The number of carbonyl (C=O) groups excluding carboxylic acids is 1. The van der Waals surface area contributed by atoms with Crippen LogP contribution in [0.15, 0.2) is 35.0 Å². The molecule has 0 unspecified atom stereocenters. The molecule has 1 aliphatic rings. The molecular formula is C19H23NO3S. The lowest BCUT2D eigenvalue weighted by Gasteiger charge is -2.19. The molecule has 1 fully saturated rings. The number of thiophene rings is 1. The number of ether oxygens (including phenoxy) is 2. The van der Waals surface area contributed by atoms with Crippen LogP contribution in [0.1, 0.15) is 54.6 Å². The van der Waals surface area contributed by atoms with Gasteiger partial charge in [0, 0.05) is 5.38 Å². The second-order valence-electron chi connectivity index (χ2n) is 6.14. The van der Waals surface area contributed by atoms with Crippen molar-refractivity contribution in [3.05, 3.63) is 46.2 Å². The van der Waals surface area contributed by atoms with Crippen LogP contribution in [-0.2, 0) is 0 Å². The van der Waals surface area contributed by atoms with E-state index in [-0.39, 0.29) is 11.9 Å². The van der Waals surface area contributed by atoms with E-state index in [4.69, 9.17) is 9.47 Å². The van der Waals surface area contributed by atoms with Gasteiger partial charge < -0.3 is 14.8 Å². The Balaban J connectivity index is 1.69. The number of benzene rings is 1. The second kappa shape index (κ2) is 7.71. The van der Waals surface area contributed by atoms with Crippen molar-refractivity contribution < 1.29 is 14.3 Å². The lowest BCUT2D eigenvalue weighted by Crippen LogP contribution is -2.26. The van der Waals surface area contributed by atoms with Gasteiger partial charge in [0.15, 0.2) is 11.5 Å². The number of amides is 1. The van der Waals surface area contributed by atoms with Crippen molar-refractivity contribution in [2.24, 2.45) is 0 Å². The van der Waals surface area contributed by atoms with Crippen LogP contribution in [0.5, 0.6) is 11.5 Å². The van der Waals surface area contributed by atoms with Crippen LogP contribution in [0, 0.1) is 0 Å². The van der Waals surface area contributed by atoms with Crippen molar-refractivity contribution in [1.29, 1.82) is 0 Å². The number of hydrogen-bond donors (Lipinski definition) is 1. The monoisotopic (exact) mass is 345 g/mol. The first kappa shape index (κ1) is 16.8. The maximum absolute atomic E-state index is 12.2. The second-order valence-corrected chi connectivity index (χ2v) is 6.92. The zero-order chi connectivity index (χ0) is 16.9. The van der Waals surface area contributed by atoms with E-state index in [1.165, 1.54) is 24.2 Å². The van der Waals surface area contributed by atoms with Crippen molar-refractivity contribution in [3.8, 4) is 11.5 Å². The molecule has 5 heteroatoms. The first-order chi connectivity index (χ1) is 11.7. The maximum Gasteiger partial charge on any atom is 0.252 e. The first-order valence-corrected chi connectivity index (χ1v) is 9.29. The van der Waals surface area contributed by atoms with Gasteiger partial charge in [-0.25, -0.2) is 0 Å². The van der Waals surface area contributed by atoms with Crippen LogP contribution in [0.3, 0.4) is 0 Å². The van der Waals surface area contributed by atoms with Gasteiger partial charge >= 0.3 is 0 Å². The van der Waals surface area contributed by atoms with E-state index in [2.05, 4.69) is 5.32 Å². The third-order valence-electron chi connectivity index (χ3n) is 4.41. The summed E-state index contributed by atoms with van der Waals surface area (Å²) in [6.45, 7) is 1.97. The highest BCUT2D eigenvalue weighted by Crippen LogP contribution is 2.33. The molecule has 2 aromatic rings. The summed E-state index contributed by atoms with van der Waals surface area (Å²) >= 11 is 1.52. The van der Waals surface area contributed by atoms with E-state index in [0.717, 1.165) is 29.9 Å². The number of rotatable bonds is 6. The molecule has 1 aliphatic carbocycles. The minimum atomic E-state index is -0.105. The Morgan fingerprint density at radius 3 is 2.71 bits per heavy atom. The Kier molecular flexibility index (Phi) is 5.41. The maximum atomic E-state index is 12.2. The highest BCUT2D eigenvalue weighted by molar-refractivity contribution is 7.08. The van der Waals surface area contributed by atoms with Gasteiger partial charge in [0.2, 0.25) is 0 Å². The molecule has 0 saturated heterocycles. The van der Waals surface area contributed by atoms with Gasteiger partial charge in [0.05, 0.1) is 24.8 Å². The van der Waals surface area contributed by atoms with Gasteiger partial charge in [0.1, 0.15) is 0 Å². The molecule has 1 heterocycles. The SMILES string of the molecule is COc1cc([C@H](C)NC(=O)c2ccsc2)ccc1OC1CCCC1. The van der Waals surface area contributed by atoms with E-state index >= 15 is 0 Å². The molecule has 4 nitrogen and oxygen atoms in total. The summed E-state index contributed by atoms with van der Waals surface area (Å²) in [7, 11) is 1.65. The first-order valence-electron chi connectivity index (χ1n) is 8.35. The molecule has 3 rings (SSSR count). The van der Waals surface area contributed by atoms with E-state index < -0.39 is 0 Å².